The second-order valence-electron chi connectivity index (χ2n) is 5.32. The lowest BCUT2D eigenvalue weighted by Crippen LogP contribution is -2.36. The number of hydrogen-bond acceptors (Lipinski definition) is 5. The predicted molar refractivity (Wildman–Crippen MR) is 74.0 cm³/mol. The number of furan rings is 1. The Bertz CT molecular complexity index is 521. The van der Waals surface area contributed by atoms with Gasteiger partial charge in [-0.25, -0.2) is 0 Å². The van der Waals surface area contributed by atoms with Crippen LogP contribution in [0.1, 0.15) is 31.4 Å². The van der Waals surface area contributed by atoms with Crippen LogP contribution in [0.5, 0.6) is 0 Å². The molecule has 5 heteroatoms. The fraction of sp³-hybridized carbons (Fsp3) is 0.533. The normalized spacial score (nSPS) is 20.9. The van der Waals surface area contributed by atoms with E-state index in [0.29, 0.717) is 11.5 Å². The molecule has 1 aliphatic rings. The molecule has 0 amide bonds. The van der Waals surface area contributed by atoms with E-state index in [1.54, 1.807) is 6.26 Å². The van der Waals surface area contributed by atoms with E-state index in [4.69, 9.17) is 8.94 Å². The molecule has 20 heavy (non-hydrogen) atoms. The summed E-state index contributed by atoms with van der Waals surface area (Å²) in [6, 6.07) is 5.83. The van der Waals surface area contributed by atoms with E-state index < -0.39 is 0 Å². The molecule has 0 saturated carbocycles. The van der Waals surface area contributed by atoms with Gasteiger partial charge in [-0.05, 0) is 31.5 Å². The van der Waals surface area contributed by atoms with Gasteiger partial charge in [0.25, 0.3) is 0 Å². The Hall–Kier alpha value is -1.59. The van der Waals surface area contributed by atoms with Crippen molar-refractivity contribution < 1.29 is 14.0 Å². The Balaban J connectivity index is 1.70. The summed E-state index contributed by atoms with van der Waals surface area (Å²) in [7, 11) is 0. The smallest absolute Gasteiger partial charge is 0.202 e. The average molecular weight is 276 g/mol. The first-order chi connectivity index (χ1) is 9.86. The average Bonchev–Trinajstić information content (AvgIpc) is 3.08. The number of aliphatic hydroxyl groups is 1. The molecule has 0 aromatic carbocycles. The SMILES string of the molecule is OCC1CCCCCN1Cc1cc(-c2ccco2)on1. The van der Waals surface area contributed by atoms with Crippen LogP contribution in [0, 0.1) is 0 Å². The van der Waals surface area contributed by atoms with Gasteiger partial charge >= 0.3 is 0 Å². The summed E-state index contributed by atoms with van der Waals surface area (Å²) >= 11 is 0. The third kappa shape index (κ3) is 2.94. The Kier molecular flexibility index (Phi) is 4.18. The third-order valence-corrected chi connectivity index (χ3v) is 3.90. The first-order valence-electron chi connectivity index (χ1n) is 7.21. The highest BCUT2D eigenvalue weighted by Crippen LogP contribution is 2.23. The molecule has 5 nitrogen and oxygen atoms in total. The van der Waals surface area contributed by atoms with Crippen molar-refractivity contribution in [3.8, 4) is 11.5 Å². The van der Waals surface area contributed by atoms with Crippen LogP contribution < -0.4 is 0 Å². The zero-order chi connectivity index (χ0) is 13.8. The van der Waals surface area contributed by atoms with Crippen molar-refractivity contribution in [2.75, 3.05) is 13.2 Å². The number of likely N-dealkylation sites (tertiary alicyclic amines) is 1. The highest BCUT2D eigenvalue weighted by molar-refractivity contribution is 5.49. The molecule has 1 N–H and O–H groups in total. The highest BCUT2D eigenvalue weighted by atomic mass is 16.5. The highest BCUT2D eigenvalue weighted by Gasteiger charge is 2.21. The molecule has 2 aromatic rings. The molecule has 1 unspecified atom stereocenters. The van der Waals surface area contributed by atoms with Crippen LogP contribution >= 0.6 is 0 Å². The summed E-state index contributed by atoms with van der Waals surface area (Å²) < 4.78 is 10.6. The zero-order valence-corrected chi connectivity index (χ0v) is 11.5. The summed E-state index contributed by atoms with van der Waals surface area (Å²) in [6.45, 7) is 1.94. The minimum absolute atomic E-state index is 0.211. The minimum Gasteiger partial charge on any atom is -0.461 e. The molecule has 1 aliphatic heterocycles. The lowest BCUT2D eigenvalue weighted by atomic mass is 10.1. The number of rotatable bonds is 4. The van der Waals surface area contributed by atoms with Gasteiger partial charge in [0.1, 0.15) is 0 Å². The van der Waals surface area contributed by atoms with Crippen molar-refractivity contribution >= 4 is 0 Å². The number of nitrogens with zero attached hydrogens (tertiary/aromatic N) is 2. The fourth-order valence-electron chi connectivity index (χ4n) is 2.78. The van der Waals surface area contributed by atoms with E-state index in [2.05, 4.69) is 10.1 Å². The van der Waals surface area contributed by atoms with Crippen LogP contribution in [0.15, 0.2) is 33.4 Å². The first-order valence-corrected chi connectivity index (χ1v) is 7.21. The zero-order valence-electron chi connectivity index (χ0n) is 11.5. The van der Waals surface area contributed by atoms with Crippen molar-refractivity contribution in [2.24, 2.45) is 0 Å². The Labute approximate surface area is 118 Å². The van der Waals surface area contributed by atoms with Crippen LogP contribution in [0.25, 0.3) is 11.5 Å². The second kappa shape index (κ2) is 6.24. The summed E-state index contributed by atoms with van der Waals surface area (Å²) in [5.74, 6) is 1.35. The van der Waals surface area contributed by atoms with Crippen molar-refractivity contribution in [3.05, 3.63) is 30.2 Å². The number of aliphatic hydroxyl groups excluding tert-OH is 1. The van der Waals surface area contributed by atoms with Crippen molar-refractivity contribution in [1.82, 2.24) is 10.1 Å². The van der Waals surface area contributed by atoms with E-state index >= 15 is 0 Å². The third-order valence-electron chi connectivity index (χ3n) is 3.90. The van der Waals surface area contributed by atoms with E-state index in [1.807, 2.05) is 18.2 Å². The topological polar surface area (TPSA) is 62.6 Å². The van der Waals surface area contributed by atoms with Crippen LogP contribution in [0.4, 0.5) is 0 Å². The summed E-state index contributed by atoms with van der Waals surface area (Å²) in [5, 5.41) is 13.6. The Morgan fingerprint density at radius 1 is 1.30 bits per heavy atom. The number of aromatic nitrogens is 1. The minimum atomic E-state index is 0.211. The van der Waals surface area contributed by atoms with Gasteiger partial charge in [-0.15, -0.1) is 0 Å². The molecule has 108 valence electrons. The molecule has 2 aromatic heterocycles. The summed E-state index contributed by atoms with van der Waals surface area (Å²) in [6.07, 6.45) is 6.29. The van der Waals surface area contributed by atoms with Gasteiger partial charge in [0, 0.05) is 18.7 Å². The van der Waals surface area contributed by atoms with Crippen LogP contribution in [0.2, 0.25) is 0 Å². The van der Waals surface area contributed by atoms with E-state index in [-0.39, 0.29) is 12.6 Å². The maximum atomic E-state index is 9.52. The quantitative estimate of drug-likeness (QED) is 0.930. The largest absolute Gasteiger partial charge is 0.461 e. The van der Waals surface area contributed by atoms with Crippen molar-refractivity contribution in [1.29, 1.82) is 0 Å². The molecule has 1 fully saturated rings. The first kappa shape index (κ1) is 13.4. The monoisotopic (exact) mass is 276 g/mol. The molecule has 3 heterocycles. The molecule has 0 aliphatic carbocycles. The second-order valence-corrected chi connectivity index (χ2v) is 5.32. The van der Waals surface area contributed by atoms with Gasteiger partial charge in [0.05, 0.1) is 18.6 Å². The summed E-state index contributed by atoms with van der Waals surface area (Å²) in [4.78, 5) is 2.30. The molecular formula is C15H20N2O3. The fourth-order valence-corrected chi connectivity index (χ4v) is 2.78. The van der Waals surface area contributed by atoms with Gasteiger partial charge in [0.2, 0.25) is 5.76 Å². The van der Waals surface area contributed by atoms with Crippen molar-refractivity contribution in [2.45, 2.75) is 38.3 Å². The maximum absolute atomic E-state index is 9.52. The van der Waals surface area contributed by atoms with E-state index in [1.165, 1.54) is 19.3 Å². The molecule has 0 spiro atoms. The molecule has 1 saturated heterocycles. The van der Waals surface area contributed by atoms with Gasteiger partial charge < -0.3 is 14.0 Å². The summed E-state index contributed by atoms with van der Waals surface area (Å²) in [5.41, 5.74) is 0.886. The lowest BCUT2D eigenvalue weighted by molar-refractivity contribution is 0.116. The van der Waals surface area contributed by atoms with Gasteiger partial charge in [-0.1, -0.05) is 18.0 Å². The lowest BCUT2D eigenvalue weighted by Gasteiger charge is -2.27. The molecule has 0 radical (unpaired) electrons. The Morgan fingerprint density at radius 2 is 2.25 bits per heavy atom. The van der Waals surface area contributed by atoms with Crippen LogP contribution in [-0.4, -0.2) is 34.4 Å². The molecule has 0 bridgehead atoms. The van der Waals surface area contributed by atoms with Gasteiger partial charge in [0.15, 0.2) is 5.76 Å². The number of hydrogen-bond donors (Lipinski definition) is 1. The van der Waals surface area contributed by atoms with Gasteiger partial charge in [-0.3, -0.25) is 4.90 Å². The Morgan fingerprint density at radius 3 is 3.05 bits per heavy atom. The molecular weight excluding hydrogens is 256 g/mol. The van der Waals surface area contributed by atoms with Crippen LogP contribution in [0.3, 0.4) is 0 Å². The van der Waals surface area contributed by atoms with Crippen molar-refractivity contribution in [3.63, 3.8) is 0 Å². The molecule has 1 atom stereocenters. The van der Waals surface area contributed by atoms with E-state index in [0.717, 1.165) is 25.2 Å². The van der Waals surface area contributed by atoms with Crippen LogP contribution in [-0.2, 0) is 6.54 Å². The molecule has 3 rings (SSSR count). The van der Waals surface area contributed by atoms with E-state index in [9.17, 15) is 5.11 Å². The standard InChI is InChI=1S/C15H20N2O3/c18-11-13-5-2-1-3-7-17(13)10-12-9-15(20-16-12)14-6-4-8-19-14/h4,6,8-9,13,18H,1-3,5,7,10-11H2. The van der Waals surface area contributed by atoms with Gasteiger partial charge in [-0.2, -0.15) is 0 Å². The predicted octanol–water partition coefficient (Wildman–Crippen LogP) is 2.67. The maximum Gasteiger partial charge on any atom is 0.202 e.